The molecule has 194 valence electrons. The third-order valence-corrected chi connectivity index (χ3v) is 10.8. The fraction of sp³-hybridized carbons (Fsp3) is 0.290. The van der Waals surface area contributed by atoms with Gasteiger partial charge in [-0.2, -0.15) is 0 Å². The zero-order chi connectivity index (χ0) is 26.6. The Morgan fingerprint density at radius 3 is 2.79 bits per heavy atom. The van der Waals surface area contributed by atoms with Gasteiger partial charge in [0.15, 0.2) is 0 Å². The summed E-state index contributed by atoms with van der Waals surface area (Å²) < 4.78 is 8.64. The molecule has 4 aromatic rings. The van der Waals surface area contributed by atoms with E-state index in [1.807, 2.05) is 18.2 Å². The number of hydrogen-bond acceptors (Lipinski definition) is 7. The van der Waals surface area contributed by atoms with E-state index in [1.165, 1.54) is 35.6 Å². The van der Waals surface area contributed by atoms with Gasteiger partial charge in [0.2, 0.25) is 0 Å². The molecule has 0 saturated heterocycles. The Kier molecular flexibility index (Phi) is 7.64. The molecule has 2 aliphatic rings. The number of allylic oxidation sites excluding steroid dienone is 1. The number of benzene rings is 2. The van der Waals surface area contributed by atoms with Crippen LogP contribution in [0, 0.1) is 18.3 Å². The number of fused-ring (bicyclic) bond motifs is 2. The summed E-state index contributed by atoms with van der Waals surface area (Å²) in [5.74, 6) is 0.941. The van der Waals surface area contributed by atoms with Gasteiger partial charge in [-0.05, 0) is 6.07 Å². The summed E-state index contributed by atoms with van der Waals surface area (Å²) in [6.45, 7) is 5.20. The minimum atomic E-state index is -0.653. The van der Waals surface area contributed by atoms with E-state index in [1.54, 1.807) is 6.20 Å². The molecule has 6 rings (SSSR count). The van der Waals surface area contributed by atoms with Crippen LogP contribution in [0.1, 0.15) is 28.9 Å². The molecule has 2 radical (unpaired) electrons. The third-order valence-electron chi connectivity index (χ3n) is 7.33. The Morgan fingerprint density at radius 2 is 1.95 bits per heavy atom. The van der Waals surface area contributed by atoms with Gasteiger partial charge in [0.25, 0.3) is 0 Å². The van der Waals surface area contributed by atoms with Gasteiger partial charge in [-0.15, -0.1) is 0 Å². The van der Waals surface area contributed by atoms with Crippen LogP contribution in [-0.4, -0.2) is 55.8 Å². The second-order valence-electron chi connectivity index (χ2n) is 9.91. The fourth-order valence-corrected chi connectivity index (χ4v) is 8.66. The molecule has 0 atom stereocenters. The zero-order valence-electron chi connectivity index (χ0n) is 22.1. The number of nitrogens with zero attached hydrogens (tertiary/aromatic N) is 6. The van der Waals surface area contributed by atoms with E-state index in [-0.39, 0.29) is 0 Å². The Labute approximate surface area is 239 Å². The average molecular weight is 621 g/mol. The predicted molar refractivity (Wildman–Crippen MR) is 155 cm³/mol. The van der Waals surface area contributed by atoms with Crippen molar-refractivity contribution in [2.24, 2.45) is 0 Å². The van der Waals surface area contributed by atoms with Crippen molar-refractivity contribution in [3.63, 3.8) is 0 Å². The van der Waals surface area contributed by atoms with Crippen LogP contribution in [0.2, 0.25) is 4.44 Å². The Bertz CT molecular complexity index is 1560. The van der Waals surface area contributed by atoms with Gasteiger partial charge >= 0.3 is 228 Å². The van der Waals surface area contributed by atoms with Crippen molar-refractivity contribution in [1.29, 1.82) is 5.26 Å². The first-order valence-corrected chi connectivity index (χ1v) is 16.9. The number of pyridine rings is 1. The van der Waals surface area contributed by atoms with Crippen molar-refractivity contribution >= 4 is 43.4 Å². The van der Waals surface area contributed by atoms with E-state index in [9.17, 15) is 5.26 Å². The Hall–Kier alpha value is -3.64. The van der Waals surface area contributed by atoms with Gasteiger partial charge in [-0.3, -0.25) is 0 Å². The average Bonchev–Trinajstić information content (AvgIpc) is 2.97. The molecule has 0 saturated carbocycles. The summed E-state index contributed by atoms with van der Waals surface area (Å²) in [6.07, 6.45) is 6.08. The first-order chi connectivity index (χ1) is 19.2. The molecule has 0 bridgehead atoms. The van der Waals surface area contributed by atoms with Crippen LogP contribution >= 0.6 is 0 Å². The zero-order valence-corrected chi connectivity index (χ0v) is 25.0. The van der Waals surface area contributed by atoms with Crippen LogP contribution in [0.3, 0.4) is 0 Å². The maximum absolute atomic E-state index is 9.30. The molecule has 39 heavy (non-hydrogen) atoms. The van der Waals surface area contributed by atoms with Gasteiger partial charge in [0.1, 0.15) is 0 Å². The van der Waals surface area contributed by atoms with Gasteiger partial charge in [0, 0.05) is 0 Å². The van der Waals surface area contributed by atoms with E-state index < -0.39 is 21.1 Å². The van der Waals surface area contributed by atoms with Crippen molar-refractivity contribution in [2.45, 2.75) is 37.2 Å². The van der Waals surface area contributed by atoms with Crippen LogP contribution in [0.5, 0.6) is 6.01 Å². The third kappa shape index (κ3) is 5.57. The molecule has 2 aromatic heterocycles. The summed E-state index contributed by atoms with van der Waals surface area (Å²) in [6, 6.07) is 21.7. The standard InChI is InChI=1S/C31H30N6O.Sn/c1-3-36(19-7-5-17-32)30-26-15-20-37(28-14-9-12-24-11-8-10-23(2)29(24)28)22-27(26)34-31(35-30)38-21-16-25-13-4-6-18-33-25;/h4,6,8-14,18-19H,1,3,5,15-16,20-22H2,2H3;. The Morgan fingerprint density at radius 1 is 1.05 bits per heavy atom. The molecule has 0 aliphatic carbocycles. The molecule has 2 aromatic carbocycles. The van der Waals surface area contributed by atoms with Crippen LogP contribution in [0.25, 0.3) is 10.8 Å². The van der Waals surface area contributed by atoms with Crippen molar-refractivity contribution < 1.29 is 4.74 Å². The molecule has 0 spiro atoms. The number of rotatable bonds is 7. The first-order valence-electron chi connectivity index (χ1n) is 13.4. The van der Waals surface area contributed by atoms with Crippen LogP contribution in [0.15, 0.2) is 70.6 Å². The van der Waals surface area contributed by atoms with E-state index in [0.717, 1.165) is 36.7 Å². The van der Waals surface area contributed by atoms with E-state index in [4.69, 9.17) is 14.7 Å². The summed E-state index contributed by atoms with van der Waals surface area (Å²) in [5, 5.41) is 11.9. The van der Waals surface area contributed by atoms with Crippen molar-refractivity contribution in [1.82, 2.24) is 15.0 Å². The van der Waals surface area contributed by atoms with Crippen LogP contribution in [-0.2, 0) is 19.4 Å². The minimum absolute atomic E-state index is 0.413. The molecular weight excluding hydrogens is 591 g/mol. The molecule has 8 heteroatoms. The molecule has 0 amide bonds. The van der Waals surface area contributed by atoms with E-state index >= 15 is 0 Å². The fourth-order valence-electron chi connectivity index (χ4n) is 5.45. The topological polar surface area (TPSA) is 78.2 Å². The summed E-state index contributed by atoms with van der Waals surface area (Å²) in [4.78, 5) is 19.0. The molecule has 0 unspecified atom stereocenters. The van der Waals surface area contributed by atoms with Gasteiger partial charge < -0.3 is 0 Å². The molecule has 4 heterocycles. The first kappa shape index (κ1) is 25.6. The summed E-state index contributed by atoms with van der Waals surface area (Å²) in [7, 11) is 0. The number of hydrogen-bond donors (Lipinski definition) is 0. The van der Waals surface area contributed by atoms with Crippen molar-refractivity contribution in [3.8, 4) is 12.1 Å². The summed E-state index contributed by atoms with van der Waals surface area (Å²) >= 11 is -0.653. The molecule has 7 nitrogen and oxygen atoms in total. The molecular formula is C31H30N6OSn. The molecule has 0 fully saturated rings. The maximum atomic E-state index is 9.30. The number of nitriles is 1. The second-order valence-corrected chi connectivity index (χ2v) is 14.2. The van der Waals surface area contributed by atoms with Gasteiger partial charge in [-0.25, -0.2) is 0 Å². The predicted octanol–water partition coefficient (Wildman–Crippen LogP) is 5.22. The van der Waals surface area contributed by atoms with Crippen molar-refractivity contribution in [2.75, 3.05) is 29.5 Å². The normalized spacial score (nSPS) is 15.0. The van der Waals surface area contributed by atoms with Gasteiger partial charge in [-0.1, -0.05) is 6.07 Å². The number of aromatic nitrogens is 3. The van der Waals surface area contributed by atoms with Crippen LogP contribution < -0.4 is 14.5 Å². The SMILES string of the molecule is Cc1cccc2cccc(N3CCc4c(nc(OCCc5ccccn5)nc4N4C=[C](CC#N)[Sn][CH2]C4)C3)c12. The van der Waals surface area contributed by atoms with Gasteiger partial charge in [0.05, 0.1) is 0 Å². The summed E-state index contributed by atoms with van der Waals surface area (Å²) in [5.41, 5.74) is 5.73. The van der Waals surface area contributed by atoms with Crippen molar-refractivity contribution in [3.05, 3.63) is 93.1 Å². The number of anilines is 2. The van der Waals surface area contributed by atoms with E-state index in [0.29, 0.717) is 32.0 Å². The van der Waals surface area contributed by atoms with E-state index in [2.05, 4.69) is 70.4 Å². The molecule has 2 aliphatic heterocycles. The number of aryl methyl sites for hydroxylation is 1. The second kappa shape index (κ2) is 11.6. The quantitative estimate of drug-likeness (QED) is 0.262. The number of ether oxygens (including phenoxy) is 1. The monoisotopic (exact) mass is 622 g/mol. The Balaban J connectivity index is 1.34. The van der Waals surface area contributed by atoms with Crippen LogP contribution in [0.4, 0.5) is 11.5 Å². The molecule has 0 N–H and O–H groups in total.